The Balaban J connectivity index is 1.72. The van der Waals surface area contributed by atoms with Crippen molar-refractivity contribution in [2.75, 3.05) is 19.3 Å². The second-order valence-electron chi connectivity index (χ2n) is 7.38. The summed E-state index contributed by atoms with van der Waals surface area (Å²) in [5, 5.41) is 3.36. The van der Waals surface area contributed by atoms with Crippen LogP contribution in [0.4, 0.5) is 0 Å². The fourth-order valence-corrected chi connectivity index (χ4v) is 4.21. The molecular weight excluding hydrogens is 328 g/mol. The van der Waals surface area contributed by atoms with Crippen LogP contribution in [-0.4, -0.2) is 43.9 Å². The van der Waals surface area contributed by atoms with Gasteiger partial charge in [-0.15, -0.1) is 0 Å². The monoisotopic (exact) mass is 354 g/mol. The first kappa shape index (κ1) is 17.6. The van der Waals surface area contributed by atoms with Gasteiger partial charge in [-0.25, -0.2) is 12.7 Å². The van der Waals surface area contributed by atoms with Crippen molar-refractivity contribution in [2.24, 2.45) is 17.8 Å². The van der Waals surface area contributed by atoms with Gasteiger partial charge in [-0.3, -0.25) is 4.79 Å². The predicted molar refractivity (Wildman–Crippen MR) is 91.1 cm³/mol. The fraction of sp³-hybridized carbons (Fsp3) is 0.706. The molecule has 1 saturated heterocycles. The van der Waals surface area contributed by atoms with Gasteiger partial charge in [0, 0.05) is 25.0 Å². The fourth-order valence-electron chi connectivity index (χ4n) is 3.34. The first-order valence-corrected chi connectivity index (χ1v) is 10.4. The van der Waals surface area contributed by atoms with Gasteiger partial charge in [0.2, 0.25) is 15.8 Å². The summed E-state index contributed by atoms with van der Waals surface area (Å²) in [5.74, 6) is 0.924. The molecule has 0 bridgehead atoms. The van der Waals surface area contributed by atoms with Crippen LogP contribution < -0.4 is 5.32 Å². The van der Waals surface area contributed by atoms with Crippen molar-refractivity contribution in [3.63, 3.8) is 0 Å². The Labute approximate surface area is 143 Å². The highest BCUT2D eigenvalue weighted by Gasteiger charge is 2.43. The summed E-state index contributed by atoms with van der Waals surface area (Å²) >= 11 is 0. The van der Waals surface area contributed by atoms with Gasteiger partial charge in [-0.1, -0.05) is 13.8 Å². The summed E-state index contributed by atoms with van der Waals surface area (Å²) in [7, 11) is -3.28. The van der Waals surface area contributed by atoms with Crippen molar-refractivity contribution < 1.29 is 17.6 Å². The zero-order valence-corrected chi connectivity index (χ0v) is 15.3. The summed E-state index contributed by atoms with van der Waals surface area (Å²) in [6.45, 7) is 5.35. The molecule has 0 aromatic carbocycles. The van der Waals surface area contributed by atoms with Crippen molar-refractivity contribution >= 4 is 15.8 Å². The molecule has 1 aromatic heterocycles. The third kappa shape index (κ3) is 3.90. The summed E-state index contributed by atoms with van der Waals surface area (Å²) in [5.41, 5.74) is 0. The van der Waals surface area contributed by atoms with Gasteiger partial charge in [-0.05, 0) is 36.8 Å². The van der Waals surface area contributed by atoms with E-state index in [1.807, 2.05) is 19.9 Å². The second-order valence-corrected chi connectivity index (χ2v) is 9.36. The van der Waals surface area contributed by atoms with E-state index in [1.165, 1.54) is 23.4 Å². The van der Waals surface area contributed by atoms with Crippen LogP contribution in [-0.2, 0) is 16.6 Å². The molecule has 24 heavy (non-hydrogen) atoms. The summed E-state index contributed by atoms with van der Waals surface area (Å²) in [4.78, 5) is 12.9. The number of Topliss-reactive ketones (excluding diaryl/α,β-unsaturated/α-hetero) is 1. The van der Waals surface area contributed by atoms with Gasteiger partial charge in [-0.2, -0.15) is 0 Å². The van der Waals surface area contributed by atoms with Gasteiger partial charge >= 0.3 is 0 Å². The lowest BCUT2D eigenvalue weighted by molar-refractivity contribution is 0.0852. The third-order valence-electron chi connectivity index (χ3n) is 5.04. The number of furan rings is 1. The molecule has 3 rings (SSSR count). The predicted octanol–water partition coefficient (Wildman–Crippen LogP) is 1.88. The van der Waals surface area contributed by atoms with E-state index in [2.05, 4.69) is 5.32 Å². The maximum Gasteiger partial charge on any atom is 0.211 e. The van der Waals surface area contributed by atoms with Crippen LogP contribution >= 0.6 is 0 Å². The van der Waals surface area contributed by atoms with Gasteiger partial charge in [0.05, 0.1) is 12.8 Å². The zero-order valence-electron chi connectivity index (χ0n) is 14.5. The number of carbonyl (C=O) groups excluding carboxylic acids is 1. The van der Waals surface area contributed by atoms with Gasteiger partial charge in [0.15, 0.2) is 5.76 Å². The first-order chi connectivity index (χ1) is 11.3. The van der Waals surface area contributed by atoms with Crippen LogP contribution in [0, 0.1) is 17.8 Å². The SMILES string of the molecule is CC(C)[C@H]1CN(S(C)(=O)=O)CC1C(=O)c1ccc(CNC2CC2)o1. The van der Waals surface area contributed by atoms with E-state index in [0.717, 1.165) is 5.76 Å². The maximum absolute atomic E-state index is 12.9. The average Bonchev–Trinajstić information content (AvgIpc) is 3.02. The van der Waals surface area contributed by atoms with E-state index in [1.54, 1.807) is 6.07 Å². The lowest BCUT2D eigenvalue weighted by Crippen LogP contribution is -2.28. The molecule has 0 radical (unpaired) electrons. The Morgan fingerprint density at radius 2 is 2.04 bits per heavy atom. The number of sulfonamides is 1. The average molecular weight is 354 g/mol. The van der Waals surface area contributed by atoms with Crippen LogP contribution in [0.15, 0.2) is 16.5 Å². The Bertz CT molecular complexity index is 706. The largest absolute Gasteiger partial charge is 0.457 e. The molecule has 1 aromatic rings. The molecule has 2 aliphatic rings. The van der Waals surface area contributed by atoms with Crippen LogP contribution in [0.1, 0.15) is 43.0 Å². The number of hydrogen-bond donors (Lipinski definition) is 1. The van der Waals surface area contributed by atoms with Gasteiger partial charge in [0.1, 0.15) is 5.76 Å². The van der Waals surface area contributed by atoms with Gasteiger partial charge in [0.25, 0.3) is 0 Å². The van der Waals surface area contributed by atoms with Crippen molar-refractivity contribution in [1.29, 1.82) is 0 Å². The summed E-state index contributed by atoms with van der Waals surface area (Å²) < 4.78 is 30.8. The van der Waals surface area contributed by atoms with E-state index in [-0.39, 0.29) is 30.1 Å². The van der Waals surface area contributed by atoms with E-state index in [9.17, 15) is 13.2 Å². The normalized spacial score (nSPS) is 25.5. The molecule has 2 atom stereocenters. The minimum Gasteiger partial charge on any atom is -0.457 e. The Morgan fingerprint density at radius 3 is 2.62 bits per heavy atom. The molecule has 1 aliphatic heterocycles. The molecule has 1 N–H and O–H groups in total. The number of rotatable bonds is 7. The minimum atomic E-state index is -3.28. The highest BCUT2D eigenvalue weighted by Crippen LogP contribution is 2.33. The molecule has 6 nitrogen and oxygen atoms in total. The van der Waals surface area contributed by atoms with Crippen LogP contribution in [0.3, 0.4) is 0 Å². The first-order valence-electron chi connectivity index (χ1n) is 8.57. The van der Waals surface area contributed by atoms with Crippen molar-refractivity contribution in [1.82, 2.24) is 9.62 Å². The molecule has 0 spiro atoms. The summed E-state index contributed by atoms with van der Waals surface area (Å²) in [6.07, 6.45) is 3.60. The molecule has 7 heteroatoms. The number of ketones is 1. The smallest absolute Gasteiger partial charge is 0.211 e. The molecular formula is C17H26N2O4S. The lowest BCUT2D eigenvalue weighted by atomic mass is 9.83. The molecule has 1 saturated carbocycles. The van der Waals surface area contributed by atoms with Crippen LogP contribution in [0.5, 0.6) is 0 Å². The van der Waals surface area contributed by atoms with Crippen molar-refractivity contribution in [2.45, 2.75) is 39.3 Å². The minimum absolute atomic E-state index is 0.0189. The molecule has 2 fully saturated rings. The number of carbonyl (C=O) groups is 1. The van der Waals surface area contributed by atoms with Crippen LogP contribution in [0.25, 0.3) is 0 Å². The molecule has 134 valence electrons. The van der Waals surface area contributed by atoms with Gasteiger partial charge < -0.3 is 9.73 Å². The lowest BCUT2D eigenvalue weighted by Gasteiger charge is -2.19. The second kappa shape index (κ2) is 6.61. The summed E-state index contributed by atoms with van der Waals surface area (Å²) in [6, 6.07) is 4.13. The third-order valence-corrected chi connectivity index (χ3v) is 6.28. The molecule has 2 heterocycles. The zero-order chi connectivity index (χ0) is 17.5. The Kier molecular flexibility index (Phi) is 4.86. The van der Waals surface area contributed by atoms with E-state index in [0.29, 0.717) is 24.9 Å². The topological polar surface area (TPSA) is 79.6 Å². The van der Waals surface area contributed by atoms with E-state index in [4.69, 9.17) is 4.42 Å². The Morgan fingerprint density at radius 1 is 1.33 bits per heavy atom. The van der Waals surface area contributed by atoms with E-state index >= 15 is 0 Å². The van der Waals surface area contributed by atoms with Crippen molar-refractivity contribution in [3.05, 3.63) is 23.7 Å². The molecule has 1 aliphatic carbocycles. The number of nitrogens with one attached hydrogen (secondary N) is 1. The maximum atomic E-state index is 12.9. The standard InChI is InChI=1S/C17H26N2O4S/c1-11(2)14-9-19(24(3,21)22)10-15(14)17(20)16-7-6-13(23-16)8-18-12-4-5-12/h6-7,11-12,14-15,18H,4-5,8-10H2,1-3H3/t14-,15?/m1/s1. The van der Waals surface area contributed by atoms with Crippen LogP contribution in [0.2, 0.25) is 0 Å². The van der Waals surface area contributed by atoms with E-state index < -0.39 is 10.0 Å². The molecule has 1 unspecified atom stereocenters. The Hall–Kier alpha value is -1.18. The quantitative estimate of drug-likeness (QED) is 0.756. The highest BCUT2D eigenvalue weighted by atomic mass is 32.2. The molecule has 0 amide bonds. The number of hydrogen-bond acceptors (Lipinski definition) is 5. The van der Waals surface area contributed by atoms with Crippen molar-refractivity contribution in [3.8, 4) is 0 Å². The number of nitrogens with zero attached hydrogens (tertiary/aromatic N) is 1. The highest BCUT2D eigenvalue weighted by molar-refractivity contribution is 7.88.